The molecule has 27 heavy (non-hydrogen) atoms. The van der Waals surface area contributed by atoms with Gasteiger partial charge in [-0.1, -0.05) is 96.2 Å². The lowest BCUT2D eigenvalue weighted by atomic mass is 9.96. The number of nitrogens with zero attached hydrogens (tertiary/aromatic N) is 1. The minimum Gasteiger partial charge on any atom is -0.411 e. The van der Waals surface area contributed by atoms with Gasteiger partial charge in [-0.25, -0.2) is 0 Å². The first-order valence-corrected chi connectivity index (χ1v) is 8.87. The molecule has 0 heterocycles. The maximum atomic E-state index is 8.64. The maximum absolute atomic E-state index is 8.64. The fraction of sp³-hybridized carbons (Fsp3) is 0. The SMILES string of the molecule is O/N=C\c1ccc(-c2cccc(-c3cccc(-c4ccccc4)c3)c2)cc1. The smallest absolute Gasteiger partial charge is 0.0733 e. The number of oxime groups is 1. The van der Waals surface area contributed by atoms with E-state index in [1.165, 1.54) is 28.5 Å². The van der Waals surface area contributed by atoms with Gasteiger partial charge in [0.05, 0.1) is 6.21 Å². The fourth-order valence-corrected chi connectivity index (χ4v) is 3.22. The fourth-order valence-electron chi connectivity index (χ4n) is 3.22. The molecule has 0 aliphatic carbocycles. The van der Waals surface area contributed by atoms with E-state index in [1.807, 2.05) is 30.3 Å². The first-order valence-electron chi connectivity index (χ1n) is 8.87. The van der Waals surface area contributed by atoms with Gasteiger partial charge < -0.3 is 5.21 Å². The van der Waals surface area contributed by atoms with Crippen molar-refractivity contribution in [2.45, 2.75) is 0 Å². The highest BCUT2D eigenvalue weighted by Crippen LogP contribution is 2.29. The van der Waals surface area contributed by atoms with Crippen molar-refractivity contribution in [3.05, 3.63) is 109 Å². The van der Waals surface area contributed by atoms with E-state index < -0.39 is 0 Å². The Kier molecular flexibility index (Phi) is 4.80. The summed E-state index contributed by atoms with van der Waals surface area (Å²) in [6, 6.07) is 35.6. The topological polar surface area (TPSA) is 32.6 Å². The van der Waals surface area contributed by atoms with Crippen molar-refractivity contribution < 1.29 is 5.21 Å². The van der Waals surface area contributed by atoms with E-state index in [0.717, 1.165) is 16.7 Å². The van der Waals surface area contributed by atoms with Crippen molar-refractivity contribution in [1.82, 2.24) is 0 Å². The molecular weight excluding hydrogens is 330 g/mol. The molecule has 0 amide bonds. The molecular formula is C25H19NO. The molecule has 1 N–H and O–H groups in total. The van der Waals surface area contributed by atoms with Crippen molar-refractivity contribution in [3.63, 3.8) is 0 Å². The summed E-state index contributed by atoms with van der Waals surface area (Å²) in [6.07, 6.45) is 1.43. The van der Waals surface area contributed by atoms with E-state index in [1.54, 1.807) is 0 Å². The molecule has 2 heteroatoms. The Morgan fingerprint density at radius 2 is 0.926 bits per heavy atom. The van der Waals surface area contributed by atoms with Crippen LogP contribution in [0.25, 0.3) is 33.4 Å². The molecule has 4 aromatic rings. The molecule has 0 atom stereocenters. The summed E-state index contributed by atoms with van der Waals surface area (Å²) in [7, 11) is 0. The summed E-state index contributed by atoms with van der Waals surface area (Å²) >= 11 is 0. The average molecular weight is 349 g/mol. The lowest BCUT2D eigenvalue weighted by Gasteiger charge is -2.09. The molecule has 130 valence electrons. The van der Waals surface area contributed by atoms with Gasteiger partial charge in [0.15, 0.2) is 0 Å². The zero-order valence-electron chi connectivity index (χ0n) is 14.8. The second kappa shape index (κ2) is 7.71. The third-order valence-corrected chi connectivity index (χ3v) is 4.62. The minimum absolute atomic E-state index is 0.868. The zero-order valence-corrected chi connectivity index (χ0v) is 14.8. The van der Waals surface area contributed by atoms with Gasteiger partial charge in [0.1, 0.15) is 0 Å². The number of rotatable bonds is 4. The predicted octanol–water partition coefficient (Wildman–Crippen LogP) is 6.50. The quantitative estimate of drug-likeness (QED) is 0.255. The summed E-state index contributed by atoms with van der Waals surface area (Å²) in [5, 5.41) is 11.7. The van der Waals surface area contributed by atoms with Gasteiger partial charge >= 0.3 is 0 Å². The van der Waals surface area contributed by atoms with E-state index in [9.17, 15) is 0 Å². The molecule has 0 radical (unpaired) electrons. The summed E-state index contributed by atoms with van der Waals surface area (Å²) in [5.41, 5.74) is 7.97. The van der Waals surface area contributed by atoms with Gasteiger partial charge in [0, 0.05) is 0 Å². The monoisotopic (exact) mass is 349 g/mol. The molecule has 0 aliphatic heterocycles. The number of benzene rings is 4. The highest BCUT2D eigenvalue weighted by molar-refractivity contribution is 5.81. The predicted molar refractivity (Wildman–Crippen MR) is 112 cm³/mol. The Bertz CT molecular complexity index is 1070. The molecule has 0 fully saturated rings. The summed E-state index contributed by atoms with van der Waals surface area (Å²) in [6.45, 7) is 0. The molecule has 0 saturated heterocycles. The van der Waals surface area contributed by atoms with E-state index >= 15 is 0 Å². The van der Waals surface area contributed by atoms with Crippen LogP contribution in [0.4, 0.5) is 0 Å². The van der Waals surface area contributed by atoms with E-state index in [0.29, 0.717) is 0 Å². The van der Waals surface area contributed by atoms with Gasteiger partial charge in [0.25, 0.3) is 0 Å². The summed E-state index contributed by atoms with van der Waals surface area (Å²) in [4.78, 5) is 0. The van der Waals surface area contributed by atoms with Crippen LogP contribution < -0.4 is 0 Å². The molecule has 0 aromatic heterocycles. The van der Waals surface area contributed by atoms with Crippen molar-refractivity contribution in [2.75, 3.05) is 0 Å². The third kappa shape index (κ3) is 3.80. The van der Waals surface area contributed by atoms with Crippen LogP contribution in [0, 0.1) is 0 Å². The third-order valence-electron chi connectivity index (χ3n) is 4.62. The molecule has 0 bridgehead atoms. The molecule has 0 spiro atoms. The van der Waals surface area contributed by atoms with E-state index in [4.69, 9.17) is 5.21 Å². The molecule has 0 unspecified atom stereocenters. The molecule has 2 nitrogen and oxygen atoms in total. The maximum Gasteiger partial charge on any atom is 0.0733 e. The molecule has 0 aliphatic rings. The number of hydrogen-bond acceptors (Lipinski definition) is 2. The summed E-state index contributed by atoms with van der Waals surface area (Å²) < 4.78 is 0. The highest BCUT2D eigenvalue weighted by Gasteiger charge is 2.04. The van der Waals surface area contributed by atoms with Crippen LogP contribution in [0.5, 0.6) is 0 Å². The largest absolute Gasteiger partial charge is 0.411 e. The standard InChI is InChI=1S/C25H19NO/c27-26-18-19-12-14-21(15-13-19)23-9-5-11-25(17-23)24-10-4-8-22(16-24)20-6-2-1-3-7-20/h1-18,27H/b26-18-. The van der Waals surface area contributed by atoms with E-state index in [2.05, 4.69) is 78.0 Å². The van der Waals surface area contributed by atoms with Gasteiger partial charge in [0.2, 0.25) is 0 Å². The van der Waals surface area contributed by atoms with Gasteiger partial charge in [-0.15, -0.1) is 0 Å². The Balaban J connectivity index is 1.69. The van der Waals surface area contributed by atoms with Gasteiger partial charge in [-0.05, 0) is 51.1 Å². The Morgan fingerprint density at radius 1 is 0.481 bits per heavy atom. The molecule has 0 saturated carbocycles. The van der Waals surface area contributed by atoms with Crippen LogP contribution >= 0.6 is 0 Å². The van der Waals surface area contributed by atoms with Crippen LogP contribution in [-0.2, 0) is 0 Å². The Morgan fingerprint density at radius 3 is 1.44 bits per heavy atom. The average Bonchev–Trinajstić information content (AvgIpc) is 2.75. The van der Waals surface area contributed by atoms with Crippen molar-refractivity contribution in [2.24, 2.45) is 5.16 Å². The summed E-state index contributed by atoms with van der Waals surface area (Å²) in [5.74, 6) is 0. The lowest BCUT2D eigenvalue weighted by Crippen LogP contribution is -1.85. The number of hydrogen-bond donors (Lipinski definition) is 1. The van der Waals surface area contributed by atoms with Gasteiger partial charge in [-0.3, -0.25) is 0 Å². The molecule has 4 rings (SSSR count). The Hall–Kier alpha value is -3.65. The van der Waals surface area contributed by atoms with Crippen molar-refractivity contribution in [1.29, 1.82) is 0 Å². The second-order valence-corrected chi connectivity index (χ2v) is 6.39. The first kappa shape index (κ1) is 16.8. The minimum atomic E-state index is 0.868. The first-order chi connectivity index (χ1) is 13.3. The van der Waals surface area contributed by atoms with Crippen molar-refractivity contribution in [3.8, 4) is 33.4 Å². The van der Waals surface area contributed by atoms with Crippen LogP contribution in [0.1, 0.15) is 5.56 Å². The second-order valence-electron chi connectivity index (χ2n) is 6.39. The van der Waals surface area contributed by atoms with Gasteiger partial charge in [-0.2, -0.15) is 0 Å². The van der Waals surface area contributed by atoms with Crippen LogP contribution in [0.3, 0.4) is 0 Å². The molecule has 4 aromatic carbocycles. The van der Waals surface area contributed by atoms with Crippen molar-refractivity contribution >= 4 is 6.21 Å². The van der Waals surface area contributed by atoms with Crippen LogP contribution in [0.2, 0.25) is 0 Å². The van der Waals surface area contributed by atoms with Crippen LogP contribution in [0.15, 0.2) is 108 Å². The highest BCUT2D eigenvalue weighted by atomic mass is 16.4. The van der Waals surface area contributed by atoms with Crippen LogP contribution in [-0.4, -0.2) is 11.4 Å². The van der Waals surface area contributed by atoms with E-state index in [-0.39, 0.29) is 0 Å². The normalized spacial score (nSPS) is 11.0. The lowest BCUT2D eigenvalue weighted by molar-refractivity contribution is 0.322. The zero-order chi connectivity index (χ0) is 18.5. The Labute approximate surface area is 159 Å².